The molecule has 0 spiro atoms. The van der Waals surface area contributed by atoms with Crippen LogP contribution in [0.1, 0.15) is 0 Å². The summed E-state index contributed by atoms with van der Waals surface area (Å²) in [5.41, 5.74) is 6.37. The predicted molar refractivity (Wildman–Crippen MR) is 78.1 cm³/mol. The summed E-state index contributed by atoms with van der Waals surface area (Å²) in [5, 5.41) is 12.0. The molecule has 0 saturated heterocycles. The first-order valence-electron chi connectivity index (χ1n) is 5.24. The van der Waals surface area contributed by atoms with Crippen LogP contribution in [-0.2, 0) is 0 Å². The first-order valence-corrected chi connectivity index (χ1v) is 7.10. The summed E-state index contributed by atoms with van der Waals surface area (Å²) in [5.74, 6) is 0.837. The van der Waals surface area contributed by atoms with Crippen molar-refractivity contribution < 1.29 is 0 Å². The lowest BCUT2D eigenvalue weighted by Crippen LogP contribution is -2.13. The van der Waals surface area contributed by atoms with Gasteiger partial charge in [-0.05, 0) is 12.1 Å². The predicted octanol–water partition coefficient (Wildman–Crippen LogP) is 2.20. The number of aliphatic imine (C=N–C) groups is 1. The second-order valence-corrected chi connectivity index (χ2v) is 5.90. The highest BCUT2D eigenvalue weighted by atomic mass is 32.2. The molecule has 4 N–H and O–H groups in total. The van der Waals surface area contributed by atoms with Crippen molar-refractivity contribution in [3.8, 4) is 0 Å². The number of anilines is 1. The maximum absolute atomic E-state index is 7.17. The standard InChI is InChI=1S/C11H14N4S2/c12-10(13)16-7-9-6-14-11(17-9)15-8-4-2-1-3-5-8/h1-5,9H,6-7H2,(H3,12,13)(H,14,15)/t9-/m0/s1. The van der Waals surface area contributed by atoms with Crippen molar-refractivity contribution >= 4 is 39.5 Å². The monoisotopic (exact) mass is 266 g/mol. The molecule has 0 aromatic heterocycles. The molecular weight excluding hydrogens is 252 g/mol. The summed E-state index contributed by atoms with van der Waals surface area (Å²) in [6.07, 6.45) is 0. The SMILES string of the molecule is N=C(N)SC[C@@H]1CN=C(Nc2ccccc2)S1. The molecule has 1 aliphatic rings. The molecule has 1 aliphatic heterocycles. The van der Waals surface area contributed by atoms with E-state index in [1.165, 1.54) is 11.8 Å². The molecule has 90 valence electrons. The molecule has 17 heavy (non-hydrogen) atoms. The molecule has 0 radical (unpaired) electrons. The minimum Gasteiger partial charge on any atom is -0.379 e. The Morgan fingerprint density at radius 3 is 3.00 bits per heavy atom. The van der Waals surface area contributed by atoms with Gasteiger partial charge in [0.2, 0.25) is 0 Å². The molecule has 0 saturated carbocycles. The molecule has 0 fully saturated rings. The number of rotatable bonds is 3. The number of nitrogens with zero attached hydrogens (tertiary/aromatic N) is 1. The molecule has 0 bridgehead atoms. The van der Waals surface area contributed by atoms with Gasteiger partial charge in [0.15, 0.2) is 10.3 Å². The average Bonchev–Trinajstić information content (AvgIpc) is 2.75. The Labute approximate surface area is 109 Å². The molecular formula is C11H14N4S2. The Kier molecular flexibility index (Phi) is 4.33. The molecule has 4 nitrogen and oxygen atoms in total. The summed E-state index contributed by atoms with van der Waals surface area (Å²) in [4.78, 5) is 4.43. The smallest absolute Gasteiger partial charge is 0.161 e. The van der Waals surface area contributed by atoms with E-state index in [0.29, 0.717) is 5.25 Å². The minimum atomic E-state index is 0.176. The van der Waals surface area contributed by atoms with E-state index in [1.807, 2.05) is 30.3 Å². The fourth-order valence-corrected chi connectivity index (χ4v) is 3.14. The number of nitrogens with two attached hydrogens (primary N) is 1. The van der Waals surface area contributed by atoms with Gasteiger partial charge >= 0.3 is 0 Å². The second kappa shape index (κ2) is 5.97. The lowest BCUT2D eigenvalue weighted by Gasteiger charge is -2.08. The van der Waals surface area contributed by atoms with Crippen LogP contribution in [-0.4, -0.2) is 27.9 Å². The number of benzene rings is 1. The Bertz CT molecular complexity index is 419. The van der Waals surface area contributed by atoms with E-state index in [1.54, 1.807) is 11.8 Å². The number of para-hydroxylation sites is 1. The molecule has 0 aliphatic carbocycles. The second-order valence-electron chi connectivity index (χ2n) is 3.55. The highest BCUT2D eigenvalue weighted by Crippen LogP contribution is 2.25. The van der Waals surface area contributed by atoms with Gasteiger partial charge in [0, 0.05) is 16.7 Å². The van der Waals surface area contributed by atoms with Crippen molar-refractivity contribution in [2.75, 3.05) is 17.6 Å². The Morgan fingerprint density at radius 1 is 1.53 bits per heavy atom. The number of hydrogen-bond donors (Lipinski definition) is 3. The van der Waals surface area contributed by atoms with Crippen molar-refractivity contribution in [1.82, 2.24) is 0 Å². The van der Waals surface area contributed by atoms with Gasteiger partial charge in [-0.3, -0.25) is 10.4 Å². The van der Waals surface area contributed by atoms with Gasteiger partial charge in [0.1, 0.15) is 0 Å². The van der Waals surface area contributed by atoms with Crippen LogP contribution in [0.4, 0.5) is 5.69 Å². The lowest BCUT2D eigenvalue weighted by molar-refractivity contribution is 0.988. The Morgan fingerprint density at radius 2 is 2.29 bits per heavy atom. The third kappa shape index (κ3) is 3.98. The largest absolute Gasteiger partial charge is 0.379 e. The van der Waals surface area contributed by atoms with E-state index in [9.17, 15) is 0 Å². The summed E-state index contributed by atoms with van der Waals surface area (Å²) in [6, 6.07) is 10.00. The summed E-state index contributed by atoms with van der Waals surface area (Å²) in [7, 11) is 0. The molecule has 1 aromatic rings. The minimum absolute atomic E-state index is 0.176. The molecule has 0 unspecified atom stereocenters. The molecule has 0 amide bonds. The zero-order chi connectivity index (χ0) is 12.1. The van der Waals surface area contributed by atoms with Crippen LogP contribution >= 0.6 is 23.5 Å². The van der Waals surface area contributed by atoms with Crippen molar-refractivity contribution in [1.29, 1.82) is 5.41 Å². The summed E-state index contributed by atoms with van der Waals surface area (Å²) in [6.45, 7) is 0.792. The van der Waals surface area contributed by atoms with Crippen LogP contribution in [0.2, 0.25) is 0 Å². The van der Waals surface area contributed by atoms with Crippen LogP contribution in [0.25, 0.3) is 0 Å². The van der Waals surface area contributed by atoms with Crippen LogP contribution in [0.3, 0.4) is 0 Å². The van der Waals surface area contributed by atoms with Gasteiger partial charge in [-0.1, -0.05) is 41.7 Å². The Hall–Kier alpha value is -1.14. The van der Waals surface area contributed by atoms with Crippen LogP contribution < -0.4 is 11.1 Å². The zero-order valence-corrected chi connectivity index (χ0v) is 10.9. The van der Waals surface area contributed by atoms with Crippen molar-refractivity contribution in [3.05, 3.63) is 30.3 Å². The maximum Gasteiger partial charge on any atom is 0.161 e. The first kappa shape index (κ1) is 12.3. The van der Waals surface area contributed by atoms with Crippen LogP contribution in [0.15, 0.2) is 35.3 Å². The first-order chi connectivity index (χ1) is 8.24. The fraction of sp³-hybridized carbons (Fsp3) is 0.273. The molecule has 1 aromatic carbocycles. The highest BCUT2D eigenvalue weighted by Gasteiger charge is 2.19. The maximum atomic E-state index is 7.17. The van der Waals surface area contributed by atoms with Crippen molar-refractivity contribution in [3.63, 3.8) is 0 Å². The van der Waals surface area contributed by atoms with Gasteiger partial charge < -0.3 is 11.1 Å². The fourth-order valence-electron chi connectivity index (χ4n) is 1.40. The zero-order valence-electron chi connectivity index (χ0n) is 9.22. The van der Waals surface area contributed by atoms with Gasteiger partial charge in [0.05, 0.1) is 6.54 Å². The normalized spacial score (nSPS) is 18.8. The van der Waals surface area contributed by atoms with Crippen molar-refractivity contribution in [2.24, 2.45) is 10.7 Å². The Balaban J connectivity index is 1.80. The van der Waals surface area contributed by atoms with Gasteiger partial charge in [-0.2, -0.15) is 0 Å². The number of thioether (sulfide) groups is 2. The quantitative estimate of drug-likeness (QED) is 0.579. The summed E-state index contributed by atoms with van der Waals surface area (Å²) >= 11 is 3.09. The van der Waals surface area contributed by atoms with Crippen molar-refractivity contribution in [2.45, 2.75) is 5.25 Å². The van der Waals surface area contributed by atoms with E-state index in [2.05, 4.69) is 10.3 Å². The van der Waals surface area contributed by atoms with Gasteiger partial charge in [0.25, 0.3) is 0 Å². The molecule has 6 heteroatoms. The number of nitrogens with one attached hydrogen (secondary N) is 2. The topological polar surface area (TPSA) is 74.3 Å². The number of amidine groups is 2. The summed E-state index contributed by atoms with van der Waals surface area (Å²) < 4.78 is 0. The van der Waals surface area contributed by atoms with E-state index in [0.717, 1.165) is 23.2 Å². The van der Waals surface area contributed by atoms with E-state index >= 15 is 0 Å². The molecule has 2 rings (SSSR count). The van der Waals surface area contributed by atoms with Gasteiger partial charge in [-0.25, -0.2) is 0 Å². The van der Waals surface area contributed by atoms with E-state index in [4.69, 9.17) is 11.1 Å². The molecule has 1 heterocycles. The van der Waals surface area contributed by atoms with E-state index < -0.39 is 0 Å². The lowest BCUT2D eigenvalue weighted by atomic mass is 10.3. The molecule has 1 atom stereocenters. The third-order valence-electron chi connectivity index (χ3n) is 2.17. The van der Waals surface area contributed by atoms with Crippen LogP contribution in [0.5, 0.6) is 0 Å². The van der Waals surface area contributed by atoms with Gasteiger partial charge in [-0.15, -0.1) is 0 Å². The van der Waals surface area contributed by atoms with Crippen LogP contribution in [0, 0.1) is 5.41 Å². The average molecular weight is 266 g/mol. The third-order valence-corrected chi connectivity index (χ3v) is 4.36. The van der Waals surface area contributed by atoms with E-state index in [-0.39, 0.29) is 5.17 Å². The highest BCUT2D eigenvalue weighted by molar-refractivity contribution is 8.17. The number of hydrogen-bond acceptors (Lipinski definition) is 5.